The minimum atomic E-state index is 0.646. The molecule has 0 aliphatic carbocycles. The fourth-order valence-corrected chi connectivity index (χ4v) is 0.854. The Morgan fingerprint density at radius 1 is 1.14 bits per heavy atom. The average molecular weight is 177 g/mol. The fraction of sp³-hybridized carbons (Fsp3) is 0. The lowest BCUT2D eigenvalue weighted by Crippen LogP contribution is -1.73. The van der Waals surface area contributed by atoms with Crippen molar-refractivity contribution in [2.45, 2.75) is 0 Å². The molecule has 1 rings (SSSR count). The van der Waals surface area contributed by atoms with Crippen LogP contribution in [-0.4, -0.2) is 0 Å². The Balaban J connectivity index is 3.02. The van der Waals surface area contributed by atoms with Crippen LogP contribution in [0.15, 0.2) is 53.8 Å². The maximum Gasteiger partial charge on any atom is 0.0991 e. The van der Waals surface area contributed by atoms with Crippen molar-refractivity contribution in [2.75, 3.05) is 0 Å². The van der Waals surface area contributed by atoms with Gasteiger partial charge in [-0.05, 0) is 41.8 Å². The lowest BCUT2D eigenvalue weighted by atomic mass is 10.1. The standard InChI is InChI=1S/C13H7N/c1-2-3-4-5-6-12-7-9-13(11-14)10-8-12/h6-10H,1H2. The van der Waals surface area contributed by atoms with Gasteiger partial charge in [0.15, 0.2) is 0 Å². The first-order valence-corrected chi connectivity index (χ1v) is 3.98. The average Bonchev–Trinajstić information content (AvgIpc) is 2.25. The molecule has 1 nitrogen and oxygen atoms in total. The highest BCUT2D eigenvalue weighted by Crippen LogP contribution is 2.03. The molecule has 0 saturated carbocycles. The van der Waals surface area contributed by atoms with Crippen molar-refractivity contribution in [1.29, 1.82) is 5.26 Å². The van der Waals surface area contributed by atoms with E-state index in [0.717, 1.165) is 5.56 Å². The summed E-state index contributed by atoms with van der Waals surface area (Å²) >= 11 is 0. The highest BCUT2D eigenvalue weighted by atomic mass is 14.2. The van der Waals surface area contributed by atoms with Crippen LogP contribution in [0.2, 0.25) is 0 Å². The summed E-state index contributed by atoms with van der Waals surface area (Å²) in [6.45, 7) is 3.34. The van der Waals surface area contributed by atoms with Gasteiger partial charge in [-0.3, -0.25) is 0 Å². The van der Waals surface area contributed by atoms with Crippen molar-refractivity contribution in [3.63, 3.8) is 0 Å². The Bertz CT molecular complexity index is 503. The maximum atomic E-state index is 8.56. The summed E-state index contributed by atoms with van der Waals surface area (Å²) in [5.74, 6) is 0. The molecule has 0 atom stereocenters. The van der Waals surface area contributed by atoms with Crippen molar-refractivity contribution in [3.05, 3.63) is 64.9 Å². The summed E-state index contributed by atoms with van der Waals surface area (Å²) in [6, 6.07) is 9.23. The van der Waals surface area contributed by atoms with E-state index < -0.39 is 0 Å². The molecule has 0 aromatic heterocycles. The summed E-state index contributed by atoms with van der Waals surface area (Å²) < 4.78 is 0. The van der Waals surface area contributed by atoms with Crippen LogP contribution < -0.4 is 0 Å². The predicted molar refractivity (Wildman–Crippen MR) is 55.3 cm³/mol. The summed E-state index contributed by atoms with van der Waals surface area (Å²) in [7, 11) is 0. The first kappa shape index (κ1) is 9.66. The summed E-state index contributed by atoms with van der Waals surface area (Å²) in [5.41, 5.74) is 12.0. The number of benzene rings is 1. The minimum absolute atomic E-state index is 0.646. The zero-order valence-electron chi connectivity index (χ0n) is 7.54. The number of rotatable bonds is 1. The van der Waals surface area contributed by atoms with Crippen LogP contribution in [0.4, 0.5) is 0 Å². The fourth-order valence-electron chi connectivity index (χ4n) is 0.854. The minimum Gasteiger partial charge on any atom is -0.192 e. The van der Waals surface area contributed by atoms with Gasteiger partial charge in [0.05, 0.1) is 11.6 Å². The molecule has 0 bridgehead atoms. The highest BCUT2D eigenvalue weighted by Gasteiger charge is 1.87. The third kappa shape index (κ3) is 2.90. The molecule has 0 N–H and O–H groups in total. The second-order valence-electron chi connectivity index (χ2n) is 2.45. The van der Waals surface area contributed by atoms with Gasteiger partial charge in [-0.1, -0.05) is 23.6 Å². The first-order chi connectivity index (χ1) is 6.86. The van der Waals surface area contributed by atoms with Gasteiger partial charge >= 0.3 is 0 Å². The van der Waals surface area contributed by atoms with E-state index in [1.165, 1.54) is 0 Å². The van der Waals surface area contributed by atoms with Crippen molar-refractivity contribution in [3.8, 4) is 6.07 Å². The van der Waals surface area contributed by atoms with E-state index in [2.05, 4.69) is 35.6 Å². The van der Waals surface area contributed by atoms with Gasteiger partial charge < -0.3 is 0 Å². The van der Waals surface area contributed by atoms with Crippen LogP contribution in [-0.2, 0) is 0 Å². The third-order valence-electron chi connectivity index (χ3n) is 1.50. The highest BCUT2D eigenvalue weighted by molar-refractivity contribution is 5.50. The quantitative estimate of drug-likeness (QED) is 0.605. The molecule has 1 heteroatoms. The smallest absolute Gasteiger partial charge is 0.0991 e. The Morgan fingerprint density at radius 3 is 2.43 bits per heavy atom. The third-order valence-corrected chi connectivity index (χ3v) is 1.50. The van der Waals surface area contributed by atoms with Crippen LogP contribution in [0.25, 0.3) is 6.08 Å². The van der Waals surface area contributed by atoms with Crippen LogP contribution in [0.5, 0.6) is 0 Å². The summed E-state index contributed by atoms with van der Waals surface area (Å²) in [4.78, 5) is 0. The molecular formula is C13H7N. The second-order valence-corrected chi connectivity index (χ2v) is 2.45. The Morgan fingerprint density at radius 2 is 1.86 bits per heavy atom. The normalized spacial score (nSPS) is 7.07. The molecule has 0 aliphatic rings. The molecule has 1 aromatic carbocycles. The van der Waals surface area contributed by atoms with Crippen molar-refractivity contribution < 1.29 is 0 Å². The molecule has 14 heavy (non-hydrogen) atoms. The van der Waals surface area contributed by atoms with E-state index >= 15 is 0 Å². The predicted octanol–water partition coefficient (Wildman–Crippen LogP) is 2.82. The monoisotopic (exact) mass is 177 g/mol. The van der Waals surface area contributed by atoms with E-state index in [4.69, 9.17) is 5.26 Å². The molecule has 0 heterocycles. The van der Waals surface area contributed by atoms with E-state index in [0.29, 0.717) is 5.56 Å². The Hall–Kier alpha value is -2.43. The summed E-state index contributed by atoms with van der Waals surface area (Å²) in [6.07, 6.45) is 1.74. The molecule has 0 spiro atoms. The van der Waals surface area contributed by atoms with Gasteiger partial charge in [0.1, 0.15) is 0 Å². The Kier molecular flexibility index (Phi) is 3.63. The largest absolute Gasteiger partial charge is 0.192 e. The number of hydrogen-bond donors (Lipinski definition) is 0. The lowest BCUT2D eigenvalue weighted by molar-refractivity contribution is 1.48. The molecule has 0 radical (unpaired) electrons. The molecule has 0 saturated heterocycles. The molecule has 0 amide bonds. The van der Waals surface area contributed by atoms with E-state index in [1.807, 2.05) is 12.1 Å². The SMILES string of the molecule is C=C=C=C=C=Cc1ccc(C#N)cc1. The number of nitrogens with zero attached hydrogens (tertiary/aromatic N) is 1. The van der Waals surface area contributed by atoms with Crippen LogP contribution in [0.3, 0.4) is 0 Å². The first-order valence-electron chi connectivity index (χ1n) is 3.98. The van der Waals surface area contributed by atoms with E-state index in [-0.39, 0.29) is 0 Å². The lowest BCUT2D eigenvalue weighted by Gasteiger charge is -1.89. The zero-order chi connectivity index (χ0) is 10.2. The molecule has 0 fully saturated rings. The van der Waals surface area contributed by atoms with Gasteiger partial charge in [-0.15, -0.1) is 0 Å². The van der Waals surface area contributed by atoms with Gasteiger partial charge in [0.25, 0.3) is 0 Å². The topological polar surface area (TPSA) is 23.8 Å². The molecule has 0 unspecified atom stereocenters. The number of nitriles is 1. The van der Waals surface area contributed by atoms with Gasteiger partial charge in [-0.25, -0.2) is 0 Å². The molecule has 64 valence electrons. The maximum absolute atomic E-state index is 8.56. The van der Waals surface area contributed by atoms with Crippen LogP contribution in [0, 0.1) is 11.3 Å². The molecule has 1 aromatic rings. The van der Waals surface area contributed by atoms with Crippen LogP contribution >= 0.6 is 0 Å². The summed E-state index contributed by atoms with van der Waals surface area (Å²) in [5, 5.41) is 8.56. The molecule has 0 aliphatic heterocycles. The van der Waals surface area contributed by atoms with Gasteiger partial charge in [-0.2, -0.15) is 5.26 Å². The van der Waals surface area contributed by atoms with Gasteiger partial charge in [0.2, 0.25) is 0 Å². The van der Waals surface area contributed by atoms with E-state index in [9.17, 15) is 0 Å². The van der Waals surface area contributed by atoms with Crippen molar-refractivity contribution >= 4 is 6.08 Å². The zero-order valence-corrected chi connectivity index (χ0v) is 7.54. The van der Waals surface area contributed by atoms with Gasteiger partial charge in [0, 0.05) is 0 Å². The van der Waals surface area contributed by atoms with E-state index in [1.54, 1.807) is 18.2 Å². The van der Waals surface area contributed by atoms with Crippen molar-refractivity contribution in [2.24, 2.45) is 0 Å². The molecular weight excluding hydrogens is 170 g/mol. The van der Waals surface area contributed by atoms with Crippen LogP contribution in [0.1, 0.15) is 11.1 Å². The van der Waals surface area contributed by atoms with Crippen molar-refractivity contribution in [1.82, 2.24) is 0 Å². The number of hydrogen-bond acceptors (Lipinski definition) is 1. The Labute approximate surface area is 82.9 Å². The second kappa shape index (κ2) is 5.26.